The first-order chi connectivity index (χ1) is 9.58. The van der Waals surface area contributed by atoms with E-state index in [1.54, 1.807) is 18.2 Å². The van der Waals surface area contributed by atoms with Crippen LogP contribution in [0.25, 0.3) is 6.08 Å². The Kier molecular flexibility index (Phi) is 6.49. The van der Waals surface area contributed by atoms with Crippen molar-refractivity contribution < 1.29 is 48.6 Å². The predicted octanol–water partition coefficient (Wildman–Crippen LogP) is -0.911. The molecule has 2 aromatic rings. The van der Waals surface area contributed by atoms with Crippen LogP contribution < -0.4 is 34.7 Å². The van der Waals surface area contributed by atoms with Gasteiger partial charge in [-0.05, 0) is 35.9 Å². The topological polar surface area (TPSA) is 57.2 Å². The van der Waals surface area contributed by atoms with Crippen LogP contribution in [0.3, 0.4) is 0 Å². The molecule has 3 nitrogen and oxygen atoms in total. The first kappa shape index (κ1) is 17.3. The Morgan fingerprint density at radius 2 is 1.62 bits per heavy atom. The number of allylic oxidation sites excluding steroid dienone is 1. The molecule has 0 aromatic heterocycles. The number of carbonyl (C=O) groups is 2. The third-order valence-electron chi connectivity index (χ3n) is 2.72. The molecule has 0 spiro atoms. The number of ketones is 1. The molecule has 0 amide bonds. The number of hydrogen-bond acceptors (Lipinski definition) is 3. The van der Waals surface area contributed by atoms with Crippen molar-refractivity contribution in [3.63, 3.8) is 0 Å². The van der Waals surface area contributed by atoms with Crippen molar-refractivity contribution >= 4 is 17.8 Å². The summed E-state index contributed by atoms with van der Waals surface area (Å²) in [5.41, 5.74) is 0.715. The average Bonchev–Trinajstić information content (AvgIpc) is 2.45. The molecule has 0 aliphatic rings. The van der Waals surface area contributed by atoms with Gasteiger partial charge in [-0.15, -0.1) is 0 Å². The van der Waals surface area contributed by atoms with Gasteiger partial charge in [0.05, 0.1) is 5.97 Å². The zero-order valence-corrected chi connectivity index (χ0v) is 13.4. The van der Waals surface area contributed by atoms with Crippen molar-refractivity contribution in [1.29, 1.82) is 0 Å². The van der Waals surface area contributed by atoms with E-state index in [2.05, 4.69) is 0 Å². The first-order valence-electron chi connectivity index (χ1n) is 5.86. The maximum absolute atomic E-state index is 12.7. The van der Waals surface area contributed by atoms with E-state index in [1.165, 1.54) is 42.5 Å². The van der Waals surface area contributed by atoms with Gasteiger partial charge in [-0.1, -0.05) is 30.3 Å². The largest absolute Gasteiger partial charge is 1.00 e. The van der Waals surface area contributed by atoms with Crippen molar-refractivity contribution in [1.82, 2.24) is 0 Å². The van der Waals surface area contributed by atoms with Crippen molar-refractivity contribution in [2.75, 3.05) is 0 Å². The third kappa shape index (κ3) is 4.63. The van der Waals surface area contributed by atoms with E-state index in [0.717, 1.165) is 0 Å². The molecular formula is C16H10FNaO3. The quantitative estimate of drug-likeness (QED) is 0.416. The van der Waals surface area contributed by atoms with E-state index in [4.69, 9.17) is 0 Å². The zero-order chi connectivity index (χ0) is 14.5. The van der Waals surface area contributed by atoms with Gasteiger partial charge in [-0.25, -0.2) is 4.39 Å². The minimum Gasteiger partial charge on any atom is -0.545 e. The van der Waals surface area contributed by atoms with Crippen LogP contribution in [0.1, 0.15) is 26.3 Å². The van der Waals surface area contributed by atoms with Gasteiger partial charge >= 0.3 is 29.6 Å². The van der Waals surface area contributed by atoms with Gasteiger partial charge in [0.2, 0.25) is 0 Å². The van der Waals surface area contributed by atoms with Gasteiger partial charge in [0, 0.05) is 11.1 Å². The van der Waals surface area contributed by atoms with Gasteiger partial charge in [-0.3, -0.25) is 4.79 Å². The number of carboxylic acids is 1. The summed E-state index contributed by atoms with van der Waals surface area (Å²) >= 11 is 0. The maximum Gasteiger partial charge on any atom is 1.00 e. The molecule has 0 unspecified atom stereocenters. The van der Waals surface area contributed by atoms with Crippen LogP contribution in [0.5, 0.6) is 0 Å². The van der Waals surface area contributed by atoms with Crippen LogP contribution in [0, 0.1) is 5.82 Å². The van der Waals surface area contributed by atoms with Crippen molar-refractivity contribution in [2.45, 2.75) is 0 Å². The molecule has 5 heteroatoms. The van der Waals surface area contributed by atoms with E-state index in [1.807, 2.05) is 0 Å². The Morgan fingerprint density at radius 1 is 1.00 bits per heavy atom. The number of carbonyl (C=O) groups excluding carboxylic acids is 2. The second-order valence-corrected chi connectivity index (χ2v) is 4.08. The van der Waals surface area contributed by atoms with E-state index in [9.17, 15) is 19.1 Å². The van der Waals surface area contributed by atoms with Crippen LogP contribution in [-0.4, -0.2) is 11.8 Å². The molecule has 0 heterocycles. The Balaban J connectivity index is 0.00000220. The van der Waals surface area contributed by atoms with Crippen LogP contribution in [0.4, 0.5) is 4.39 Å². The van der Waals surface area contributed by atoms with Crippen molar-refractivity contribution in [2.24, 2.45) is 0 Å². The summed E-state index contributed by atoms with van der Waals surface area (Å²) in [6.07, 6.45) is 2.64. The average molecular weight is 292 g/mol. The van der Waals surface area contributed by atoms with Gasteiger partial charge in [0.25, 0.3) is 0 Å². The SMILES string of the molecule is O=C(C=Cc1ccccc1C(=O)[O-])c1ccc(F)cc1.[Na+]. The molecule has 0 radical (unpaired) electrons. The Bertz CT molecular complexity index is 678. The monoisotopic (exact) mass is 292 g/mol. The molecule has 2 rings (SSSR count). The maximum atomic E-state index is 12.7. The summed E-state index contributed by atoms with van der Waals surface area (Å²) in [5, 5.41) is 10.9. The van der Waals surface area contributed by atoms with Crippen LogP contribution >= 0.6 is 0 Å². The van der Waals surface area contributed by atoms with E-state index < -0.39 is 11.8 Å². The summed E-state index contributed by atoms with van der Waals surface area (Å²) in [4.78, 5) is 22.7. The summed E-state index contributed by atoms with van der Waals surface area (Å²) < 4.78 is 12.7. The fraction of sp³-hybridized carbons (Fsp3) is 0. The molecule has 2 aromatic carbocycles. The fourth-order valence-electron chi connectivity index (χ4n) is 1.70. The molecule has 0 fully saturated rings. The van der Waals surface area contributed by atoms with E-state index >= 15 is 0 Å². The molecule has 0 aliphatic carbocycles. The molecule has 21 heavy (non-hydrogen) atoms. The molecule has 0 atom stereocenters. The zero-order valence-electron chi connectivity index (χ0n) is 11.4. The molecule has 0 N–H and O–H groups in total. The van der Waals surface area contributed by atoms with Crippen molar-refractivity contribution in [3.8, 4) is 0 Å². The van der Waals surface area contributed by atoms with Gasteiger partial charge in [0.15, 0.2) is 5.78 Å². The molecule has 0 aliphatic heterocycles. The normalized spacial score (nSPS) is 10.1. The Morgan fingerprint density at radius 3 is 2.24 bits per heavy atom. The molecular weight excluding hydrogens is 282 g/mol. The second kappa shape index (κ2) is 7.88. The number of hydrogen-bond donors (Lipinski definition) is 0. The summed E-state index contributed by atoms with van der Waals surface area (Å²) in [7, 11) is 0. The van der Waals surface area contributed by atoms with Gasteiger partial charge in [0.1, 0.15) is 5.82 Å². The van der Waals surface area contributed by atoms with Crippen LogP contribution in [0.15, 0.2) is 54.6 Å². The number of halogens is 1. The van der Waals surface area contributed by atoms with E-state index in [-0.39, 0.29) is 40.9 Å². The predicted molar refractivity (Wildman–Crippen MR) is 70.5 cm³/mol. The standard InChI is InChI=1S/C16H11FO3.Na/c17-13-8-5-12(6-9-13)15(18)10-7-11-3-1-2-4-14(11)16(19)20;/h1-10H,(H,19,20);/q;+1/p-1. The second-order valence-electron chi connectivity index (χ2n) is 4.08. The molecule has 0 saturated heterocycles. The number of rotatable bonds is 4. The fourth-order valence-corrected chi connectivity index (χ4v) is 1.70. The summed E-state index contributed by atoms with van der Waals surface area (Å²) in [6.45, 7) is 0. The summed E-state index contributed by atoms with van der Waals surface area (Å²) in [5.74, 6) is -2.06. The van der Waals surface area contributed by atoms with E-state index in [0.29, 0.717) is 11.1 Å². The Hall–Kier alpha value is -1.75. The van der Waals surface area contributed by atoms with Crippen LogP contribution in [-0.2, 0) is 0 Å². The molecule has 0 bridgehead atoms. The van der Waals surface area contributed by atoms with Crippen molar-refractivity contribution in [3.05, 3.63) is 77.1 Å². The smallest absolute Gasteiger partial charge is 0.545 e. The number of benzene rings is 2. The van der Waals surface area contributed by atoms with Gasteiger partial charge in [-0.2, -0.15) is 0 Å². The Labute approximate surface area is 143 Å². The minimum atomic E-state index is -1.31. The number of aromatic carboxylic acids is 1. The number of carboxylic acid groups (broad SMARTS) is 1. The molecule has 100 valence electrons. The first-order valence-corrected chi connectivity index (χ1v) is 5.86. The van der Waals surface area contributed by atoms with Crippen LogP contribution in [0.2, 0.25) is 0 Å². The third-order valence-corrected chi connectivity index (χ3v) is 2.72. The molecule has 0 saturated carbocycles. The minimum absolute atomic E-state index is 0. The van der Waals surface area contributed by atoms with Gasteiger partial charge < -0.3 is 9.90 Å². The summed E-state index contributed by atoms with van der Waals surface area (Å²) in [6, 6.07) is 11.3.